The van der Waals surface area contributed by atoms with Gasteiger partial charge in [0.1, 0.15) is 0 Å². The second-order valence-electron chi connectivity index (χ2n) is 10.0. The smallest absolute Gasteiger partial charge is 0.275 e. The molecule has 1 aromatic carbocycles. The molecule has 36 heavy (non-hydrogen) atoms. The molecule has 1 fully saturated rings. The maximum atomic E-state index is 13.5. The average molecular weight is 490 g/mol. The highest BCUT2D eigenvalue weighted by Crippen LogP contribution is 2.27. The molecule has 190 valence electrons. The molecule has 1 N–H and O–H groups in total. The number of aromatic nitrogens is 2. The molecular weight excluding hydrogens is 454 g/mol. The van der Waals surface area contributed by atoms with Gasteiger partial charge in [0, 0.05) is 56.8 Å². The Labute approximate surface area is 212 Å². The van der Waals surface area contributed by atoms with Gasteiger partial charge in [-0.1, -0.05) is 42.0 Å². The number of nitrogens with one attached hydrogen (secondary N) is 1. The van der Waals surface area contributed by atoms with Crippen LogP contribution in [0.2, 0.25) is 0 Å². The van der Waals surface area contributed by atoms with Crippen molar-refractivity contribution >= 4 is 17.7 Å². The van der Waals surface area contributed by atoms with Crippen LogP contribution in [0, 0.1) is 0 Å². The number of aryl methyl sites for hydroxylation is 2. The van der Waals surface area contributed by atoms with Crippen molar-refractivity contribution in [2.45, 2.75) is 64.5 Å². The third-order valence-corrected chi connectivity index (χ3v) is 7.46. The van der Waals surface area contributed by atoms with E-state index in [0.717, 1.165) is 43.4 Å². The predicted molar refractivity (Wildman–Crippen MR) is 136 cm³/mol. The molecule has 3 aliphatic rings. The summed E-state index contributed by atoms with van der Waals surface area (Å²) in [5.41, 5.74) is 4.82. The zero-order chi connectivity index (χ0) is 24.9. The predicted octanol–water partition coefficient (Wildman–Crippen LogP) is 2.86. The van der Waals surface area contributed by atoms with Gasteiger partial charge in [0.2, 0.25) is 11.8 Å². The molecule has 5 rings (SSSR count). The second kappa shape index (κ2) is 11.1. The van der Waals surface area contributed by atoms with E-state index in [9.17, 15) is 14.4 Å². The minimum absolute atomic E-state index is 0.0469. The Kier molecular flexibility index (Phi) is 7.49. The van der Waals surface area contributed by atoms with E-state index in [1.807, 2.05) is 27.8 Å². The van der Waals surface area contributed by atoms with Crippen molar-refractivity contribution in [3.63, 3.8) is 0 Å². The molecule has 2 aliphatic heterocycles. The summed E-state index contributed by atoms with van der Waals surface area (Å²) in [6.07, 6.45) is 9.64. The summed E-state index contributed by atoms with van der Waals surface area (Å²) in [6.45, 7) is 2.73. The molecule has 3 amide bonds. The normalized spacial score (nSPS) is 17.9. The SMILES string of the molecule is O=C1CN(C(=O)c2nn(CCCc3ccccc3)c3c2CN(C(=O)CC2=CCCCC2)CC3)CCN1. The number of carbonyl (C=O) groups excluding carboxylic acids is 3. The van der Waals surface area contributed by atoms with Crippen LogP contribution < -0.4 is 5.32 Å². The Morgan fingerprint density at radius 1 is 1.00 bits per heavy atom. The first kappa shape index (κ1) is 24.3. The van der Waals surface area contributed by atoms with Gasteiger partial charge in [0.25, 0.3) is 5.91 Å². The Morgan fingerprint density at radius 3 is 2.64 bits per heavy atom. The molecule has 8 heteroatoms. The summed E-state index contributed by atoms with van der Waals surface area (Å²) >= 11 is 0. The van der Waals surface area contributed by atoms with E-state index in [1.54, 1.807) is 4.90 Å². The number of benzene rings is 1. The molecule has 1 aliphatic carbocycles. The van der Waals surface area contributed by atoms with E-state index in [2.05, 4.69) is 23.5 Å². The van der Waals surface area contributed by atoms with Gasteiger partial charge in [-0.3, -0.25) is 19.1 Å². The summed E-state index contributed by atoms with van der Waals surface area (Å²) < 4.78 is 1.97. The van der Waals surface area contributed by atoms with Gasteiger partial charge in [-0.25, -0.2) is 0 Å². The first-order chi connectivity index (χ1) is 17.6. The molecule has 8 nitrogen and oxygen atoms in total. The molecule has 1 aromatic heterocycles. The molecule has 2 aromatic rings. The number of hydrogen-bond acceptors (Lipinski definition) is 4. The Balaban J connectivity index is 1.35. The fourth-order valence-electron chi connectivity index (χ4n) is 5.47. The van der Waals surface area contributed by atoms with Crippen LogP contribution in [0.25, 0.3) is 0 Å². The minimum atomic E-state index is -0.216. The third-order valence-electron chi connectivity index (χ3n) is 7.46. The topological polar surface area (TPSA) is 87.5 Å². The van der Waals surface area contributed by atoms with Crippen LogP contribution in [0.4, 0.5) is 0 Å². The lowest BCUT2D eigenvalue weighted by molar-refractivity contribution is -0.131. The summed E-state index contributed by atoms with van der Waals surface area (Å²) in [5.74, 6) is -0.239. The zero-order valence-electron chi connectivity index (χ0n) is 20.9. The van der Waals surface area contributed by atoms with Gasteiger partial charge in [0.05, 0.1) is 6.54 Å². The lowest BCUT2D eigenvalue weighted by Crippen LogP contribution is -2.50. The number of nitrogens with zero attached hydrogens (tertiary/aromatic N) is 4. The highest BCUT2D eigenvalue weighted by Gasteiger charge is 2.33. The molecule has 0 bridgehead atoms. The number of allylic oxidation sites excluding steroid dienone is 1. The van der Waals surface area contributed by atoms with Crippen molar-refractivity contribution in [1.29, 1.82) is 0 Å². The van der Waals surface area contributed by atoms with Crippen molar-refractivity contribution in [1.82, 2.24) is 24.9 Å². The quantitative estimate of drug-likeness (QED) is 0.606. The van der Waals surface area contributed by atoms with Gasteiger partial charge in [-0.2, -0.15) is 5.10 Å². The zero-order valence-corrected chi connectivity index (χ0v) is 20.9. The first-order valence-electron chi connectivity index (χ1n) is 13.2. The van der Waals surface area contributed by atoms with Gasteiger partial charge >= 0.3 is 0 Å². The van der Waals surface area contributed by atoms with Crippen LogP contribution in [0.3, 0.4) is 0 Å². The monoisotopic (exact) mass is 489 g/mol. The molecule has 1 saturated heterocycles. The van der Waals surface area contributed by atoms with E-state index in [0.29, 0.717) is 51.3 Å². The van der Waals surface area contributed by atoms with Crippen LogP contribution in [0.1, 0.15) is 65.8 Å². The van der Waals surface area contributed by atoms with Crippen molar-refractivity contribution in [3.8, 4) is 0 Å². The Morgan fingerprint density at radius 2 is 1.86 bits per heavy atom. The van der Waals surface area contributed by atoms with Crippen molar-refractivity contribution in [3.05, 3.63) is 64.5 Å². The largest absolute Gasteiger partial charge is 0.353 e. The van der Waals surface area contributed by atoms with Gasteiger partial charge in [-0.05, 0) is 44.1 Å². The first-order valence-corrected chi connectivity index (χ1v) is 13.2. The molecule has 3 heterocycles. The van der Waals surface area contributed by atoms with E-state index in [-0.39, 0.29) is 24.3 Å². The van der Waals surface area contributed by atoms with Crippen molar-refractivity contribution in [2.75, 3.05) is 26.2 Å². The maximum absolute atomic E-state index is 13.5. The van der Waals surface area contributed by atoms with Gasteiger partial charge < -0.3 is 15.1 Å². The van der Waals surface area contributed by atoms with Crippen LogP contribution in [-0.4, -0.2) is 63.5 Å². The highest BCUT2D eigenvalue weighted by molar-refractivity contribution is 5.97. The van der Waals surface area contributed by atoms with E-state index in [1.165, 1.54) is 17.6 Å². The van der Waals surface area contributed by atoms with E-state index in [4.69, 9.17) is 5.10 Å². The van der Waals surface area contributed by atoms with Crippen molar-refractivity contribution in [2.24, 2.45) is 0 Å². The van der Waals surface area contributed by atoms with Gasteiger partial charge in [-0.15, -0.1) is 0 Å². The number of fused-ring (bicyclic) bond motifs is 1. The lowest BCUT2D eigenvalue weighted by Gasteiger charge is -2.30. The Bertz CT molecular complexity index is 1150. The van der Waals surface area contributed by atoms with Gasteiger partial charge in [0.15, 0.2) is 5.69 Å². The lowest BCUT2D eigenvalue weighted by atomic mass is 9.96. The molecule has 0 spiro atoms. The summed E-state index contributed by atoms with van der Waals surface area (Å²) in [6, 6.07) is 10.4. The minimum Gasteiger partial charge on any atom is -0.353 e. The number of amides is 3. The molecule has 0 radical (unpaired) electrons. The number of hydrogen-bond donors (Lipinski definition) is 1. The summed E-state index contributed by atoms with van der Waals surface area (Å²) in [7, 11) is 0. The molecular formula is C28H35N5O3. The number of piperazine rings is 1. The van der Waals surface area contributed by atoms with Crippen LogP contribution in [-0.2, 0) is 35.5 Å². The average Bonchev–Trinajstić information content (AvgIpc) is 3.27. The fourth-order valence-corrected chi connectivity index (χ4v) is 5.47. The van der Waals surface area contributed by atoms with Crippen molar-refractivity contribution < 1.29 is 14.4 Å². The molecule has 0 saturated carbocycles. The fraction of sp³-hybridized carbons (Fsp3) is 0.500. The number of carbonyl (C=O) groups is 3. The van der Waals surface area contributed by atoms with Crippen LogP contribution in [0.15, 0.2) is 42.0 Å². The maximum Gasteiger partial charge on any atom is 0.275 e. The van der Waals surface area contributed by atoms with Crippen LogP contribution >= 0.6 is 0 Å². The highest BCUT2D eigenvalue weighted by atomic mass is 16.2. The van der Waals surface area contributed by atoms with E-state index >= 15 is 0 Å². The van der Waals surface area contributed by atoms with Crippen LogP contribution in [0.5, 0.6) is 0 Å². The number of rotatable bonds is 7. The second-order valence-corrected chi connectivity index (χ2v) is 10.0. The summed E-state index contributed by atoms with van der Waals surface area (Å²) in [4.78, 5) is 42.0. The molecule has 0 atom stereocenters. The summed E-state index contributed by atoms with van der Waals surface area (Å²) in [5, 5.41) is 7.55. The molecule has 0 unspecified atom stereocenters. The third kappa shape index (κ3) is 5.53. The van der Waals surface area contributed by atoms with E-state index < -0.39 is 0 Å². The Hall–Kier alpha value is -3.42. The standard InChI is InChI=1S/C28H35N5O3/c34-25-20-32(17-14-29-25)28(36)27-23-19-31(26(35)18-22-10-5-2-6-11-22)16-13-24(23)33(30-27)15-7-12-21-8-3-1-4-9-21/h1,3-4,8-10H,2,5-7,11-20H2,(H,29,34).